The van der Waals surface area contributed by atoms with E-state index in [0.717, 1.165) is 0 Å². The van der Waals surface area contributed by atoms with Crippen molar-refractivity contribution in [2.45, 2.75) is 44.5 Å². The number of carbonyl (C=O) groups is 5. The van der Waals surface area contributed by atoms with E-state index in [9.17, 15) is 29.1 Å². The molecule has 0 radical (unpaired) electrons. The lowest BCUT2D eigenvalue weighted by Crippen LogP contribution is -2.58. The molecule has 4 atom stereocenters. The minimum atomic E-state index is -1.55. The van der Waals surface area contributed by atoms with Crippen molar-refractivity contribution < 1.29 is 34.2 Å². The molecule has 0 aliphatic carbocycles. The molecule has 0 aromatic heterocycles. The average molecular weight is 361 g/mol. The molecule has 9 N–H and O–H groups in total. The molecule has 4 amide bonds. The summed E-state index contributed by atoms with van der Waals surface area (Å²) in [6.45, 7) is 2.10. The van der Waals surface area contributed by atoms with Crippen molar-refractivity contribution in [1.82, 2.24) is 16.0 Å². The van der Waals surface area contributed by atoms with Gasteiger partial charge < -0.3 is 37.6 Å². The van der Waals surface area contributed by atoms with E-state index in [1.54, 1.807) is 0 Å². The van der Waals surface area contributed by atoms with E-state index in [1.807, 2.05) is 5.32 Å². The summed E-state index contributed by atoms with van der Waals surface area (Å²) in [6, 6.07) is -4.11. The predicted octanol–water partition coefficient (Wildman–Crippen LogP) is -4.24. The van der Waals surface area contributed by atoms with E-state index in [1.165, 1.54) is 13.8 Å². The van der Waals surface area contributed by atoms with Crippen LogP contribution in [0.15, 0.2) is 0 Å². The standard InChI is InChI=1S/C13H23N5O7/c1-5(11(22)17-7(13(24)25)3-8(15)20)16-12(23)10(6(2)19)18-9(21)4-14/h5-7,10,19H,3-4,14H2,1-2H3,(H2,15,20)(H,16,23)(H,17,22)(H,18,21)(H,24,25). The number of nitrogens with two attached hydrogens (primary N) is 2. The van der Waals surface area contributed by atoms with Gasteiger partial charge in [-0.25, -0.2) is 4.79 Å². The number of aliphatic carboxylic acids is 1. The molecule has 0 aromatic carbocycles. The maximum absolute atomic E-state index is 12.1. The number of hydrogen-bond donors (Lipinski definition) is 7. The Morgan fingerprint density at radius 3 is 1.96 bits per heavy atom. The van der Waals surface area contributed by atoms with Gasteiger partial charge in [-0.2, -0.15) is 0 Å². The normalized spacial score (nSPS) is 15.2. The Bertz CT molecular complexity index is 537. The fourth-order valence-electron chi connectivity index (χ4n) is 1.70. The first-order chi connectivity index (χ1) is 11.5. The first-order valence-electron chi connectivity index (χ1n) is 7.28. The van der Waals surface area contributed by atoms with Crippen LogP contribution >= 0.6 is 0 Å². The van der Waals surface area contributed by atoms with Crippen molar-refractivity contribution in [1.29, 1.82) is 0 Å². The van der Waals surface area contributed by atoms with E-state index < -0.39 is 66.8 Å². The summed E-state index contributed by atoms with van der Waals surface area (Å²) in [6.07, 6.45) is -1.89. The predicted molar refractivity (Wildman–Crippen MR) is 83.6 cm³/mol. The number of carbonyl (C=O) groups excluding carboxylic acids is 4. The minimum Gasteiger partial charge on any atom is -0.480 e. The molecule has 25 heavy (non-hydrogen) atoms. The minimum absolute atomic E-state index is 0.403. The van der Waals surface area contributed by atoms with Crippen LogP contribution in [-0.4, -0.2) is 70.6 Å². The summed E-state index contributed by atoms with van der Waals surface area (Å²) in [5.74, 6) is -4.85. The SMILES string of the molecule is CC(NC(=O)C(NC(=O)CN)C(C)O)C(=O)NC(CC(N)=O)C(=O)O. The number of nitrogens with one attached hydrogen (secondary N) is 3. The van der Waals surface area contributed by atoms with Gasteiger partial charge in [0.25, 0.3) is 0 Å². The maximum Gasteiger partial charge on any atom is 0.326 e. The summed E-state index contributed by atoms with van der Waals surface area (Å²) in [5, 5.41) is 24.9. The summed E-state index contributed by atoms with van der Waals surface area (Å²) >= 11 is 0. The van der Waals surface area contributed by atoms with Crippen molar-refractivity contribution in [3.8, 4) is 0 Å². The Labute approximate surface area is 143 Å². The quantitative estimate of drug-likeness (QED) is 0.202. The maximum atomic E-state index is 12.1. The van der Waals surface area contributed by atoms with Gasteiger partial charge >= 0.3 is 5.97 Å². The largest absolute Gasteiger partial charge is 0.480 e. The van der Waals surface area contributed by atoms with Crippen molar-refractivity contribution in [3.05, 3.63) is 0 Å². The molecule has 0 bridgehead atoms. The number of hydrogen-bond acceptors (Lipinski definition) is 7. The van der Waals surface area contributed by atoms with Crippen LogP contribution in [0.2, 0.25) is 0 Å². The first kappa shape index (κ1) is 22.3. The number of carboxylic acid groups (broad SMARTS) is 1. The van der Waals surface area contributed by atoms with Crippen LogP contribution in [-0.2, 0) is 24.0 Å². The molecule has 142 valence electrons. The van der Waals surface area contributed by atoms with Gasteiger partial charge in [-0.1, -0.05) is 0 Å². The number of aliphatic hydroxyl groups is 1. The molecule has 0 heterocycles. The van der Waals surface area contributed by atoms with Crippen LogP contribution in [0.25, 0.3) is 0 Å². The van der Waals surface area contributed by atoms with Gasteiger partial charge in [-0.3, -0.25) is 19.2 Å². The zero-order valence-corrected chi connectivity index (χ0v) is 13.8. The Morgan fingerprint density at radius 2 is 1.56 bits per heavy atom. The second kappa shape index (κ2) is 10.2. The molecule has 0 saturated heterocycles. The summed E-state index contributed by atoms with van der Waals surface area (Å²) in [5.41, 5.74) is 10.0. The fraction of sp³-hybridized carbons (Fsp3) is 0.615. The molecule has 0 spiro atoms. The first-order valence-corrected chi connectivity index (χ1v) is 7.28. The van der Waals surface area contributed by atoms with Gasteiger partial charge in [0, 0.05) is 0 Å². The monoisotopic (exact) mass is 361 g/mol. The summed E-state index contributed by atoms with van der Waals surface area (Å²) < 4.78 is 0. The van der Waals surface area contributed by atoms with Gasteiger partial charge in [0.2, 0.25) is 23.6 Å². The highest BCUT2D eigenvalue weighted by molar-refractivity contribution is 5.94. The van der Waals surface area contributed by atoms with Crippen molar-refractivity contribution >= 4 is 29.6 Å². The van der Waals surface area contributed by atoms with E-state index >= 15 is 0 Å². The van der Waals surface area contributed by atoms with Crippen LogP contribution in [0.1, 0.15) is 20.3 Å². The molecule has 0 fully saturated rings. The van der Waals surface area contributed by atoms with E-state index in [2.05, 4.69) is 10.6 Å². The molecular formula is C13H23N5O7. The van der Waals surface area contributed by atoms with Crippen molar-refractivity contribution in [2.24, 2.45) is 11.5 Å². The number of rotatable bonds is 10. The zero-order valence-electron chi connectivity index (χ0n) is 13.8. The molecule has 12 heteroatoms. The second-order valence-electron chi connectivity index (χ2n) is 5.29. The number of amides is 4. The zero-order chi connectivity index (χ0) is 19.7. The van der Waals surface area contributed by atoms with E-state index in [-0.39, 0.29) is 0 Å². The lowest BCUT2D eigenvalue weighted by molar-refractivity contribution is -0.143. The lowest BCUT2D eigenvalue weighted by atomic mass is 10.1. The van der Waals surface area contributed by atoms with Gasteiger partial charge in [0.15, 0.2) is 0 Å². The molecule has 0 aromatic rings. The Balaban J connectivity index is 4.86. The highest BCUT2D eigenvalue weighted by atomic mass is 16.4. The van der Waals surface area contributed by atoms with E-state index in [4.69, 9.17) is 16.6 Å². The molecule has 0 rings (SSSR count). The number of primary amides is 1. The van der Waals surface area contributed by atoms with Gasteiger partial charge in [0.05, 0.1) is 19.1 Å². The molecule has 0 aliphatic rings. The molecule has 4 unspecified atom stereocenters. The molecule has 0 saturated carbocycles. The Hall–Kier alpha value is -2.73. The smallest absolute Gasteiger partial charge is 0.326 e. The summed E-state index contributed by atoms with van der Waals surface area (Å²) in [7, 11) is 0. The second-order valence-corrected chi connectivity index (χ2v) is 5.29. The van der Waals surface area contributed by atoms with Crippen molar-refractivity contribution in [2.75, 3.05) is 6.54 Å². The van der Waals surface area contributed by atoms with Crippen LogP contribution in [0, 0.1) is 0 Å². The number of aliphatic hydroxyl groups excluding tert-OH is 1. The molecule has 12 nitrogen and oxygen atoms in total. The lowest BCUT2D eigenvalue weighted by Gasteiger charge is -2.23. The van der Waals surface area contributed by atoms with E-state index in [0.29, 0.717) is 0 Å². The van der Waals surface area contributed by atoms with Gasteiger partial charge in [-0.15, -0.1) is 0 Å². The topological polar surface area (TPSA) is 214 Å². The highest BCUT2D eigenvalue weighted by Crippen LogP contribution is 1.97. The third kappa shape index (κ3) is 8.08. The van der Waals surface area contributed by atoms with Crippen LogP contribution in [0.5, 0.6) is 0 Å². The summed E-state index contributed by atoms with van der Waals surface area (Å²) in [4.78, 5) is 57.0. The van der Waals surface area contributed by atoms with Crippen LogP contribution < -0.4 is 27.4 Å². The van der Waals surface area contributed by atoms with Gasteiger partial charge in [0.1, 0.15) is 18.1 Å². The average Bonchev–Trinajstić information content (AvgIpc) is 2.50. The third-order valence-corrected chi connectivity index (χ3v) is 3.04. The third-order valence-electron chi connectivity index (χ3n) is 3.04. The highest BCUT2D eigenvalue weighted by Gasteiger charge is 2.29. The van der Waals surface area contributed by atoms with Gasteiger partial charge in [-0.05, 0) is 13.8 Å². The molecular weight excluding hydrogens is 338 g/mol. The Kier molecular flexibility index (Phi) is 9.09. The van der Waals surface area contributed by atoms with Crippen LogP contribution in [0.3, 0.4) is 0 Å². The fourth-order valence-corrected chi connectivity index (χ4v) is 1.70. The van der Waals surface area contributed by atoms with Crippen LogP contribution in [0.4, 0.5) is 0 Å². The Morgan fingerprint density at radius 1 is 1.00 bits per heavy atom. The number of carboxylic acids is 1. The van der Waals surface area contributed by atoms with Crippen molar-refractivity contribution in [3.63, 3.8) is 0 Å². The molecule has 0 aliphatic heterocycles.